The van der Waals surface area contributed by atoms with E-state index < -0.39 is 23.4 Å². The normalized spacial score (nSPS) is 10.4. The Morgan fingerprint density at radius 1 is 1.27 bits per heavy atom. The van der Waals surface area contributed by atoms with E-state index in [1.165, 1.54) is 16.7 Å². The number of thiazole rings is 1. The van der Waals surface area contributed by atoms with Gasteiger partial charge >= 0.3 is 10.8 Å². The van der Waals surface area contributed by atoms with Gasteiger partial charge in [-0.1, -0.05) is 11.3 Å². The predicted octanol–water partition coefficient (Wildman–Crippen LogP) is 1.93. The van der Waals surface area contributed by atoms with Crippen molar-refractivity contribution >= 4 is 34.6 Å². The lowest BCUT2D eigenvalue weighted by molar-refractivity contribution is -0.384. The van der Waals surface area contributed by atoms with Gasteiger partial charge in [-0.05, 0) is 38.0 Å². The largest absolute Gasteiger partial charge is 0.454 e. The maximum atomic E-state index is 11.9. The van der Waals surface area contributed by atoms with Crippen LogP contribution >= 0.6 is 11.3 Å². The molecule has 2 aromatic rings. The minimum Gasteiger partial charge on any atom is -0.454 e. The monoisotopic (exact) mass is 379 g/mol. The molecule has 138 valence electrons. The zero-order chi connectivity index (χ0) is 19.4. The van der Waals surface area contributed by atoms with Crippen molar-refractivity contribution in [2.45, 2.75) is 27.3 Å². The summed E-state index contributed by atoms with van der Waals surface area (Å²) in [5.74, 6) is -1.46. The van der Waals surface area contributed by atoms with E-state index in [0.29, 0.717) is 5.69 Å². The Morgan fingerprint density at radius 2 is 1.92 bits per heavy atom. The Kier molecular flexibility index (Phi) is 5.88. The van der Waals surface area contributed by atoms with Gasteiger partial charge in [0.1, 0.15) is 12.2 Å². The van der Waals surface area contributed by atoms with Gasteiger partial charge in [-0.25, -0.2) is 0 Å². The Hall–Kier alpha value is -3.01. The van der Waals surface area contributed by atoms with E-state index in [0.717, 1.165) is 22.5 Å². The van der Waals surface area contributed by atoms with Crippen molar-refractivity contribution in [1.82, 2.24) is 4.57 Å². The molecule has 0 saturated carbocycles. The number of carbonyl (C=O) groups is 2. The highest BCUT2D eigenvalue weighted by atomic mass is 32.1. The first kappa shape index (κ1) is 19.3. The number of amides is 1. The van der Waals surface area contributed by atoms with Crippen LogP contribution in [0.3, 0.4) is 0 Å². The van der Waals surface area contributed by atoms with Crippen LogP contribution < -0.4 is 10.2 Å². The second-order valence-corrected chi connectivity index (χ2v) is 6.47. The molecule has 26 heavy (non-hydrogen) atoms. The molecule has 0 radical (unpaired) electrons. The van der Waals surface area contributed by atoms with Gasteiger partial charge in [0.05, 0.1) is 4.92 Å². The first-order chi connectivity index (χ1) is 12.2. The lowest BCUT2D eigenvalue weighted by Crippen LogP contribution is -2.26. The zero-order valence-corrected chi connectivity index (χ0v) is 15.2. The number of aromatic nitrogens is 1. The maximum absolute atomic E-state index is 11.9. The molecule has 1 N–H and O–H groups in total. The summed E-state index contributed by atoms with van der Waals surface area (Å²) in [5.41, 5.74) is 1.90. The van der Waals surface area contributed by atoms with E-state index in [9.17, 15) is 24.5 Å². The highest BCUT2D eigenvalue weighted by Crippen LogP contribution is 2.27. The van der Waals surface area contributed by atoms with Crippen LogP contribution in [0.25, 0.3) is 0 Å². The lowest BCUT2D eigenvalue weighted by atomic mass is 10.1. The van der Waals surface area contributed by atoms with Crippen LogP contribution in [0.2, 0.25) is 0 Å². The number of nitrogens with one attached hydrogen (secondary N) is 1. The highest BCUT2D eigenvalue weighted by molar-refractivity contribution is 7.07. The fourth-order valence-corrected chi connectivity index (χ4v) is 2.89. The quantitative estimate of drug-likeness (QED) is 0.465. The average molecular weight is 379 g/mol. The van der Waals surface area contributed by atoms with Gasteiger partial charge in [0, 0.05) is 17.1 Å². The standard InChI is InChI=1S/C16H17N3O6S/c1-9-4-12(13(19(23)24)5-10(9)2)17-14(20)7-25-15(21)6-18-11(3)8-26-16(18)22/h4-5,8H,6-7H2,1-3H3,(H,17,20). The van der Waals surface area contributed by atoms with Gasteiger partial charge in [-0.15, -0.1) is 0 Å². The molecule has 0 bridgehead atoms. The molecule has 0 unspecified atom stereocenters. The molecule has 0 aliphatic rings. The summed E-state index contributed by atoms with van der Waals surface area (Å²) in [6.45, 7) is 4.25. The average Bonchev–Trinajstić information content (AvgIpc) is 2.87. The van der Waals surface area contributed by atoms with Gasteiger partial charge < -0.3 is 10.1 Å². The van der Waals surface area contributed by atoms with E-state index in [-0.39, 0.29) is 22.8 Å². The van der Waals surface area contributed by atoms with Crippen LogP contribution in [0.4, 0.5) is 11.4 Å². The van der Waals surface area contributed by atoms with E-state index in [1.54, 1.807) is 26.2 Å². The first-order valence-corrected chi connectivity index (χ1v) is 8.43. The van der Waals surface area contributed by atoms with Gasteiger partial charge in [-0.2, -0.15) is 0 Å². The summed E-state index contributed by atoms with van der Waals surface area (Å²) in [6, 6.07) is 2.85. The predicted molar refractivity (Wildman–Crippen MR) is 95.5 cm³/mol. The molecule has 2 rings (SSSR count). The third kappa shape index (κ3) is 4.54. The van der Waals surface area contributed by atoms with Crippen LogP contribution in [0.15, 0.2) is 22.3 Å². The number of hydrogen-bond donors (Lipinski definition) is 1. The Bertz CT molecular complexity index is 931. The van der Waals surface area contributed by atoms with Crippen LogP contribution in [-0.4, -0.2) is 28.0 Å². The summed E-state index contributed by atoms with van der Waals surface area (Å²) < 4.78 is 6.07. The summed E-state index contributed by atoms with van der Waals surface area (Å²) in [4.78, 5) is 45.5. The van der Waals surface area contributed by atoms with Crippen molar-refractivity contribution in [3.8, 4) is 0 Å². The molecule has 0 aliphatic carbocycles. The summed E-state index contributed by atoms with van der Waals surface area (Å²) >= 11 is 0.962. The number of rotatable bonds is 6. The Balaban J connectivity index is 1.99. The second kappa shape index (κ2) is 7.91. The lowest BCUT2D eigenvalue weighted by Gasteiger charge is -2.10. The molecule has 0 aliphatic heterocycles. The number of nitro groups is 1. The van der Waals surface area contributed by atoms with E-state index in [1.807, 2.05) is 0 Å². The Labute approximate surface area is 152 Å². The Morgan fingerprint density at radius 3 is 2.50 bits per heavy atom. The van der Waals surface area contributed by atoms with Crippen molar-refractivity contribution in [1.29, 1.82) is 0 Å². The fourth-order valence-electron chi connectivity index (χ4n) is 2.16. The molecule has 0 atom stereocenters. The number of esters is 1. The summed E-state index contributed by atoms with van der Waals surface area (Å²) in [7, 11) is 0. The first-order valence-electron chi connectivity index (χ1n) is 7.55. The third-order valence-electron chi connectivity index (χ3n) is 3.71. The molecular formula is C16H17N3O6S. The number of benzene rings is 1. The molecule has 9 nitrogen and oxygen atoms in total. The smallest absolute Gasteiger partial charge is 0.326 e. The molecule has 1 aromatic heterocycles. The molecule has 0 spiro atoms. The molecular weight excluding hydrogens is 362 g/mol. The van der Waals surface area contributed by atoms with E-state index >= 15 is 0 Å². The van der Waals surface area contributed by atoms with Crippen molar-refractivity contribution in [2.75, 3.05) is 11.9 Å². The number of ether oxygens (including phenoxy) is 1. The summed E-state index contributed by atoms with van der Waals surface area (Å²) in [6.07, 6.45) is 0. The number of nitrogens with zero attached hydrogens (tertiary/aromatic N) is 2. The second-order valence-electron chi connectivity index (χ2n) is 5.65. The maximum Gasteiger partial charge on any atom is 0.326 e. The summed E-state index contributed by atoms with van der Waals surface area (Å²) in [5, 5.41) is 15.1. The van der Waals surface area contributed by atoms with E-state index in [2.05, 4.69) is 5.32 Å². The molecule has 1 aromatic carbocycles. The SMILES string of the molecule is Cc1cc(NC(=O)COC(=O)Cn2c(C)csc2=O)c([N+](=O)[O-])cc1C. The number of hydrogen-bond acceptors (Lipinski definition) is 7. The number of nitro benzene ring substituents is 1. The van der Waals surface area contributed by atoms with E-state index in [4.69, 9.17) is 4.74 Å². The molecule has 10 heteroatoms. The molecule has 0 saturated heterocycles. The van der Waals surface area contributed by atoms with Crippen LogP contribution in [-0.2, 0) is 20.9 Å². The zero-order valence-electron chi connectivity index (χ0n) is 14.4. The molecule has 0 fully saturated rings. The van der Waals surface area contributed by atoms with Gasteiger partial charge in [0.15, 0.2) is 6.61 Å². The minimum atomic E-state index is -0.752. The molecule has 1 heterocycles. The van der Waals surface area contributed by atoms with Gasteiger partial charge in [-0.3, -0.25) is 29.1 Å². The minimum absolute atomic E-state index is 0.0315. The number of carbonyl (C=O) groups excluding carboxylic acids is 2. The van der Waals surface area contributed by atoms with Crippen molar-refractivity contribution in [3.63, 3.8) is 0 Å². The molecule has 1 amide bonds. The topological polar surface area (TPSA) is 121 Å². The van der Waals surface area contributed by atoms with Crippen LogP contribution in [0, 0.1) is 30.9 Å². The number of anilines is 1. The number of aryl methyl sites for hydroxylation is 3. The van der Waals surface area contributed by atoms with Crippen LogP contribution in [0.5, 0.6) is 0 Å². The fraction of sp³-hybridized carbons (Fsp3) is 0.312. The highest BCUT2D eigenvalue weighted by Gasteiger charge is 2.18. The van der Waals surface area contributed by atoms with Crippen molar-refractivity contribution in [3.05, 3.63) is 54.1 Å². The van der Waals surface area contributed by atoms with Gasteiger partial charge in [0.25, 0.3) is 11.6 Å². The third-order valence-corrected chi connectivity index (χ3v) is 4.59. The van der Waals surface area contributed by atoms with Gasteiger partial charge in [0.2, 0.25) is 0 Å². The van der Waals surface area contributed by atoms with Crippen molar-refractivity contribution < 1.29 is 19.2 Å². The van der Waals surface area contributed by atoms with Crippen LogP contribution in [0.1, 0.15) is 16.8 Å². The van der Waals surface area contributed by atoms with Crippen molar-refractivity contribution in [2.24, 2.45) is 0 Å².